The minimum absolute atomic E-state index is 0.0291. The number of methoxy groups -OCH3 is 1. The van der Waals surface area contributed by atoms with Gasteiger partial charge in [-0.1, -0.05) is 6.07 Å². The zero-order chi connectivity index (χ0) is 12.1. The second-order valence-corrected chi connectivity index (χ2v) is 4.99. The minimum Gasteiger partial charge on any atom is -0.497 e. The van der Waals surface area contributed by atoms with Gasteiger partial charge in [-0.2, -0.15) is 11.8 Å². The van der Waals surface area contributed by atoms with Gasteiger partial charge >= 0.3 is 6.03 Å². The highest BCUT2D eigenvalue weighted by Gasteiger charge is 2.16. The lowest BCUT2D eigenvalue weighted by molar-refractivity contribution is 0.217. The lowest BCUT2D eigenvalue weighted by Crippen LogP contribution is -2.40. The maximum absolute atomic E-state index is 11.9. The maximum atomic E-state index is 11.9. The van der Waals surface area contributed by atoms with Gasteiger partial charge in [-0.05, 0) is 12.1 Å². The molecule has 2 amide bonds. The van der Waals surface area contributed by atoms with Crippen LogP contribution in [0.3, 0.4) is 0 Å². The molecule has 0 spiro atoms. The van der Waals surface area contributed by atoms with Crippen LogP contribution < -0.4 is 10.1 Å². The summed E-state index contributed by atoms with van der Waals surface area (Å²) in [6.07, 6.45) is 0. The van der Waals surface area contributed by atoms with Crippen molar-refractivity contribution in [3.05, 3.63) is 24.3 Å². The summed E-state index contributed by atoms with van der Waals surface area (Å²) < 4.78 is 5.11. The number of hydrogen-bond acceptors (Lipinski definition) is 3. The average Bonchev–Trinajstić information content (AvgIpc) is 2.40. The Bertz CT molecular complexity index is 392. The van der Waals surface area contributed by atoms with Crippen molar-refractivity contribution in [2.45, 2.75) is 0 Å². The molecule has 1 aliphatic rings. The molecule has 1 aromatic rings. The van der Waals surface area contributed by atoms with Crippen molar-refractivity contribution in [3.8, 4) is 5.75 Å². The zero-order valence-corrected chi connectivity index (χ0v) is 10.6. The smallest absolute Gasteiger partial charge is 0.321 e. The number of hydrogen-bond donors (Lipinski definition) is 1. The molecule has 0 radical (unpaired) electrons. The van der Waals surface area contributed by atoms with E-state index in [4.69, 9.17) is 4.74 Å². The molecule has 0 atom stereocenters. The molecule has 92 valence electrons. The monoisotopic (exact) mass is 252 g/mol. The molecule has 1 aromatic carbocycles. The van der Waals surface area contributed by atoms with Crippen molar-refractivity contribution in [1.82, 2.24) is 4.90 Å². The Morgan fingerprint density at radius 1 is 1.41 bits per heavy atom. The quantitative estimate of drug-likeness (QED) is 0.878. The van der Waals surface area contributed by atoms with Crippen molar-refractivity contribution in [2.75, 3.05) is 37.0 Å². The lowest BCUT2D eigenvalue weighted by Gasteiger charge is -2.26. The Morgan fingerprint density at radius 3 is 2.88 bits per heavy atom. The molecule has 0 unspecified atom stereocenters. The van der Waals surface area contributed by atoms with Crippen LogP contribution in [0.1, 0.15) is 0 Å². The van der Waals surface area contributed by atoms with Crippen LogP contribution in [0.25, 0.3) is 0 Å². The molecular weight excluding hydrogens is 236 g/mol. The first-order chi connectivity index (χ1) is 8.29. The Balaban J connectivity index is 1.96. The first-order valence-electron chi connectivity index (χ1n) is 5.57. The van der Waals surface area contributed by atoms with E-state index in [1.807, 2.05) is 40.9 Å². The molecule has 1 N–H and O–H groups in total. The molecule has 1 fully saturated rings. The number of thioether (sulfide) groups is 1. The van der Waals surface area contributed by atoms with E-state index in [0.29, 0.717) is 0 Å². The summed E-state index contributed by atoms with van der Waals surface area (Å²) in [6, 6.07) is 7.36. The van der Waals surface area contributed by atoms with Gasteiger partial charge in [-0.3, -0.25) is 0 Å². The molecule has 1 heterocycles. The zero-order valence-electron chi connectivity index (χ0n) is 9.81. The van der Waals surface area contributed by atoms with E-state index in [9.17, 15) is 4.79 Å². The Morgan fingerprint density at radius 2 is 2.18 bits per heavy atom. The van der Waals surface area contributed by atoms with E-state index in [-0.39, 0.29) is 6.03 Å². The fourth-order valence-corrected chi connectivity index (χ4v) is 2.57. The predicted molar refractivity (Wildman–Crippen MR) is 70.9 cm³/mol. The highest BCUT2D eigenvalue weighted by Crippen LogP contribution is 2.18. The number of amides is 2. The molecule has 0 bridgehead atoms. The van der Waals surface area contributed by atoms with Gasteiger partial charge in [0.15, 0.2) is 0 Å². The van der Waals surface area contributed by atoms with Crippen LogP contribution in [0.5, 0.6) is 5.75 Å². The van der Waals surface area contributed by atoms with Crippen LogP contribution in [0, 0.1) is 0 Å². The molecule has 0 aliphatic carbocycles. The van der Waals surface area contributed by atoms with Gasteiger partial charge in [0.25, 0.3) is 0 Å². The van der Waals surface area contributed by atoms with Crippen molar-refractivity contribution in [2.24, 2.45) is 0 Å². The summed E-state index contributed by atoms with van der Waals surface area (Å²) in [5, 5.41) is 2.88. The van der Waals surface area contributed by atoms with Gasteiger partial charge in [-0.25, -0.2) is 4.79 Å². The third-order valence-corrected chi connectivity index (χ3v) is 3.56. The van der Waals surface area contributed by atoms with Crippen LogP contribution in [-0.4, -0.2) is 42.6 Å². The fraction of sp³-hybridized carbons (Fsp3) is 0.417. The molecule has 2 rings (SSSR count). The van der Waals surface area contributed by atoms with Crippen LogP contribution >= 0.6 is 11.8 Å². The van der Waals surface area contributed by atoms with Gasteiger partial charge < -0.3 is 15.0 Å². The number of carbonyl (C=O) groups excluding carboxylic acids is 1. The topological polar surface area (TPSA) is 41.6 Å². The first kappa shape index (κ1) is 12.1. The van der Waals surface area contributed by atoms with Gasteiger partial charge in [-0.15, -0.1) is 0 Å². The summed E-state index contributed by atoms with van der Waals surface area (Å²) >= 11 is 1.89. The van der Waals surface area contributed by atoms with E-state index in [1.165, 1.54) is 0 Å². The van der Waals surface area contributed by atoms with Gasteiger partial charge in [0.2, 0.25) is 0 Å². The predicted octanol–water partition coefficient (Wildman–Crippen LogP) is 2.28. The number of nitrogens with one attached hydrogen (secondary N) is 1. The van der Waals surface area contributed by atoms with E-state index >= 15 is 0 Å². The average molecular weight is 252 g/mol. The molecule has 5 heteroatoms. The fourth-order valence-electron chi connectivity index (χ4n) is 1.67. The normalized spacial score (nSPS) is 15.5. The van der Waals surface area contributed by atoms with Crippen molar-refractivity contribution in [1.29, 1.82) is 0 Å². The summed E-state index contributed by atoms with van der Waals surface area (Å²) in [6.45, 7) is 1.64. The second-order valence-electron chi connectivity index (χ2n) is 3.76. The number of nitrogens with zero attached hydrogens (tertiary/aromatic N) is 1. The van der Waals surface area contributed by atoms with Gasteiger partial charge in [0.05, 0.1) is 7.11 Å². The SMILES string of the molecule is COc1cccc(NC(=O)N2CCSCC2)c1. The molecular formula is C12H16N2O2S. The standard InChI is InChI=1S/C12H16N2O2S/c1-16-11-4-2-3-10(9-11)13-12(15)14-5-7-17-8-6-14/h2-4,9H,5-8H2,1H3,(H,13,15). The van der Waals surface area contributed by atoms with Gasteiger partial charge in [0, 0.05) is 36.3 Å². The van der Waals surface area contributed by atoms with E-state index in [0.717, 1.165) is 36.0 Å². The van der Waals surface area contributed by atoms with E-state index in [2.05, 4.69) is 5.32 Å². The highest BCUT2D eigenvalue weighted by atomic mass is 32.2. The van der Waals surface area contributed by atoms with Gasteiger partial charge in [0.1, 0.15) is 5.75 Å². The van der Waals surface area contributed by atoms with Crippen LogP contribution in [0.15, 0.2) is 24.3 Å². The van der Waals surface area contributed by atoms with Crippen molar-refractivity contribution in [3.63, 3.8) is 0 Å². The molecule has 1 saturated heterocycles. The summed E-state index contributed by atoms with van der Waals surface area (Å²) in [5.74, 6) is 2.79. The second kappa shape index (κ2) is 5.82. The van der Waals surface area contributed by atoms with Crippen molar-refractivity contribution < 1.29 is 9.53 Å². The molecule has 1 aliphatic heterocycles. The summed E-state index contributed by atoms with van der Waals surface area (Å²) in [7, 11) is 1.61. The van der Waals surface area contributed by atoms with Crippen LogP contribution in [-0.2, 0) is 0 Å². The Labute approximate surface area is 105 Å². The number of anilines is 1. The maximum Gasteiger partial charge on any atom is 0.321 e. The van der Waals surface area contributed by atoms with Crippen LogP contribution in [0.4, 0.5) is 10.5 Å². The lowest BCUT2D eigenvalue weighted by atomic mass is 10.3. The number of carbonyl (C=O) groups is 1. The Hall–Kier alpha value is -1.36. The summed E-state index contributed by atoms with van der Waals surface area (Å²) in [5.41, 5.74) is 0.771. The number of rotatable bonds is 2. The molecule has 0 saturated carbocycles. The van der Waals surface area contributed by atoms with E-state index < -0.39 is 0 Å². The van der Waals surface area contributed by atoms with Crippen LogP contribution in [0.2, 0.25) is 0 Å². The highest BCUT2D eigenvalue weighted by molar-refractivity contribution is 7.99. The van der Waals surface area contributed by atoms with E-state index in [1.54, 1.807) is 7.11 Å². The molecule has 17 heavy (non-hydrogen) atoms. The first-order valence-corrected chi connectivity index (χ1v) is 6.73. The van der Waals surface area contributed by atoms with Crippen molar-refractivity contribution >= 4 is 23.5 Å². The number of ether oxygens (including phenoxy) is 1. The molecule has 0 aromatic heterocycles. The molecule has 4 nitrogen and oxygen atoms in total. The minimum atomic E-state index is -0.0291. The summed E-state index contributed by atoms with van der Waals surface area (Å²) in [4.78, 5) is 13.8. The number of urea groups is 1. The Kier molecular flexibility index (Phi) is 4.14. The largest absolute Gasteiger partial charge is 0.497 e. The third-order valence-electron chi connectivity index (χ3n) is 2.62. The number of benzene rings is 1. The third kappa shape index (κ3) is 3.30.